The molecule has 2 aromatic carbocycles. The summed E-state index contributed by atoms with van der Waals surface area (Å²) in [5.74, 6) is -0.0237. The van der Waals surface area contributed by atoms with Crippen molar-refractivity contribution in [2.75, 3.05) is 20.8 Å². The summed E-state index contributed by atoms with van der Waals surface area (Å²) in [6, 6.07) is 12.4. The van der Waals surface area contributed by atoms with Crippen molar-refractivity contribution in [2.24, 2.45) is 0 Å². The molecule has 2 aliphatic rings. The first-order valence-electron chi connectivity index (χ1n) is 9.25. The molecule has 1 atom stereocenters. The van der Waals surface area contributed by atoms with Gasteiger partial charge in [0, 0.05) is 37.2 Å². The SMILES string of the molecule is COc1cc2c(cc1OC)C1(CNC2)Cc2ccccc2O1.O=C(O)/C=C\C(=O)O. The molecule has 3 N–H and O–H groups in total. The number of aliphatic carboxylic acids is 2. The minimum Gasteiger partial charge on any atom is -0.493 e. The number of carboxylic acids is 2. The zero-order valence-electron chi connectivity index (χ0n) is 16.7. The maximum atomic E-state index is 9.55. The summed E-state index contributed by atoms with van der Waals surface area (Å²) in [5, 5.41) is 19.1. The minimum absolute atomic E-state index is 0.350. The van der Waals surface area contributed by atoms with Gasteiger partial charge in [0.05, 0.1) is 14.2 Å². The molecule has 4 rings (SSSR count). The highest BCUT2D eigenvalue weighted by Gasteiger charge is 2.44. The van der Waals surface area contributed by atoms with Gasteiger partial charge in [0.2, 0.25) is 0 Å². The predicted octanol–water partition coefficient (Wildman–Crippen LogP) is 2.35. The maximum absolute atomic E-state index is 9.55. The molecule has 8 nitrogen and oxygen atoms in total. The Hall–Kier alpha value is -3.52. The first kappa shape index (κ1) is 21.2. The van der Waals surface area contributed by atoms with E-state index in [2.05, 4.69) is 29.6 Å². The van der Waals surface area contributed by atoms with E-state index >= 15 is 0 Å². The van der Waals surface area contributed by atoms with Gasteiger partial charge >= 0.3 is 11.9 Å². The Balaban J connectivity index is 0.000000275. The van der Waals surface area contributed by atoms with Crippen molar-refractivity contribution in [1.29, 1.82) is 0 Å². The van der Waals surface area contributed by atoms with E-state index in [4.69, 9.17) is 24.4 Å². The number of para-hydroxylation sites is 1. The number of rotatable bonds is 4. The van der Waals surface area contributed by atoms with Crippen LogP contribution in [0.4, 0.5) is 0 Å². The monoisotopic (exact) mass is 413 g/mol. The van der Waals surface area contributed by atoms with Crippen LogP contribution in [0, 0.1) is 0 Å². The fraction of sp³-hybridized carbons (Fsp3) is 0.273. The van der Waals surface area contributed by atoms with Crippen LogP contribution in [0.1, 0.15) is 16.7 Å². The van der Waals surface area contributed by atoms with Crippen LogP contribution in [0.15, 0.2) is 48.6 Å². The van der Waals surface area contributed by atoms with E-state index < -0.39 is 11.9 Å². The van der Waals surface area contributed by atoms with Gasteiger partial charge in [-0.1, -0.05) is 18.2 Å². The Morgan fingerprint density at radius 2 is 1.67 bits per heavy atom. The highest BCUT2D eigenvalue weighted by molar-refractivity contribution is 5.89. The van der Waals surface area contributed by atoms with Crippen LogP contribution >= 0.6 is 0 Å². The van der Waals surface area contributed by atoms with Crippen molar-refractivity contribution in [3.63, 3.8) is 0 Å². The van der Waals surface area contributed by atoms with E-state index in [1.54, 1.807) is 14.2 Å². The van der Waals surface area contributed by atoms with Crippen molar-refractivity contribution in [3.8, 4) is 17.2 Å². The summed E-state index contributed by atoms with van der Waals surface area (Å²) < 4.78 is 17.3. The summed E-state index contributed by atoms with van der Waals surface area (Å²) in [4.78, 5) is 19.1. The lowest BCUT2D eigenvalue weighted by Crippen LogP contribution is -2.46. The average Bonchev–Trinajstić information content (AvgIpc) is 3.10. The van der Waals surface area contributed by atoms with Gasteiger partial charge in [0.25, 0.3) is 0 Å². The summed E-state index contributed by atoms with van der Waals surface area (Å²) >= 11 is 0. The summed E-state index contributed by atoms with van der Waals surface area (Å²) in [5.41, 5.74) is 3.31. The molecular weight excluding hydrogens is 390 g/mol. The highest BCUT2D eigenvalue weighted by Crippen LogP contribution is 2.46. The Morgan fingerprint density at radius 3 is 2.27 bits per heavy atom. The third-order valence-electron chi connectivity index (χ3n) is 4.95. The molecule has 0 aliphatic carbocycles. The molecular formula is C22H23NO7. The second kappa shape index (κ2) is 8.87. The standard InChI is InChI=1S/C18H19NO3.C4H4O4/c1-20-16-7-13-10-19-11-18(14(13)8-17(16)21-2)9-12-5-3-4-6-15(12)22-18;5-3(6)1-2-4(7)8/h3-8,19H,9-11H2,1-2H3;1-2H,(H,5,6)(H,7,8)/b;2-1-. The smallest absolute Gasteiger partial charge is 0.328 e. The molecule has 2 aromatic rings. The molecule has 0 bridgehead atoms. The van der Waals surface area contributed by atoms with Crippen molar-refractivity contribution in [1.82, 2.24) is 5.32 Å². The van der Waals surface area contributed by atoms with Crippen molar-refractivity contribution in [2.45, 2.75) is 18.6 Å². The Kier molecular flexibility index (Phi) is 6.27. The molecule has 30 heavy (non-hydrogen) atoms. The molecule has 2 heterocycles. The number of nitrogens with one attached hydrogen (secondary N) is 1. The van der Waals surface area contributed by atoms with E-state index in [0.717, 1.165) is 36.8 Å². The fourth-order valence-electron chi connectivity index (χ4n) is 3.68. The van der Waals surface area contributed by atoms with E-state index in [9.17, 15) is 9.59 Å². The first-order valence-corrected chi connectivity index (χ1v) is 9.25. The van der Waals surface area contributed by atoms with Gasteiger partial charge in [0.15, 0.2) is 17.1 Å². The molecule has 0 amide bonds. The van der Waals surface area contributed by atoms with E-state index in [1.165, 1.54) is 16.7 Å². The van der Waals surface area contributed by atoms with Gasteiger partial charge in [-0.25, -0.2) is 9.59 Å². The van der Waals surface area contributed by atoms with Gasteiger partial charge in [0.1, 0.15) is 5.75 Å². The lowest BCUT2D eigenvalue weighted by atomic mass is 9.83. The first-order chi connectivity index (χ1) is 14.4. The second-order valence-corrected chi connectivity index (χ2v) is 6.86. The van der Waals surface area contributed by atoms with Gasteiger partial charge in [-0.2, -0.15) is 0 Å². The molecule has 158 valence electrons. The van der Waals surface area contributed by atoms with Crippen molar-refractivity contribution >= 4 is 11.9 Å². The number of ether oxygens (including phenoxy) is 3. The van der Waals surface area contributed by atoms with E-state index in [-0.39, 0.29) is 5.60 Å². The van der Waals surface area contributed by atoms with Crippen LogP contribution in [-0.4, -0.2) is 42.9 Å². The molecule has 0 saturated carbocycles. The number of carboxylic acid groups (broad SMARTS) is 2. The van der Waals surface area contributed by atoms with Gasteiger partial charge in [-0.05, 0) is 29.3 Å². The number of methoxy groups -OCH3 is 2. The summed E-state index contributed by atoms with van der Waals surface area (Å²) in [6.07, 6.45) is 1.99. The van der Waals surface area contributed by atoms with Crippen LogP contribution in [-0.2, 0) is 28.2 Å². The molecule has 1 unspecified atom stereocenters. The lowest BCUT2D eigenvalue weighted by molar-refractivity contribution is -0.134. The molecule has 8 heteroatoms. The fourth-order valence-corrected chi connectivity index (χ4v) is 3.68. The molecule has 0 fully saturated rings. The number of hydrogen-bond donors (Lipinski definition) is 3. The number of hydrogen-bond acceptors (Lipinski definition) is 6. The Morgan fingerprint density at radius 1 is 1.03 bits per heavy atom. The predicted molar refractivity (Wildman–Crippen MR) is 108 cm³/mol. The zero-order valence-corrected chi connectivity index (χ0v) is 16.7. The number of carbonyl (C=O) groups is 2. The molecule has 1 spiro atoms. The molecule has 2 aliphatic heterocycles. The van der Waals surface area contributed by atoms with Crippen LogP contribution in [0.25, 0.3) is 0 Å². The topological polar surface area (TPSA) is 114 Å². The van der Waals surface area contributed by atoms with Crippen molar-refractivity contribution < 1.29 is 34.0 Å². The molecule has 0 saturated heterocycles. The molecule has 0 aromatic heterocycles. The van der Waals surface area contributed by atoms with E-state index in [0.29, 0.717) is 12.2 Å². The summed E-state index contributed by atoms with van der Waals surface area (Å²) in [7, 11) is 3.33. The van der Waals surface area contributed by atoms with Crippen LogP contribution < -0.4 is 19.5 Å². The van der Waals surface area contributed by atoms with E-state index in [1.807, 2.05) is 12.1 Å². The maximum Gasteiger partial charge on any atom is 0.328 e. The van der Waals surface area contributed by atoms with Gasteiger partial charge in [-0.3, -0.25) is 0 Å². The van der Waals surface area contributed by atoms with Crippen LogP contribution in [0.5, 0.6) is 17.2 Å². The normalized spacial score (nSPS) is 18.6. The third-order valence-corrected chi connectivity index (χ3v) is 4.95. The highest BCUT2D eigenvalue weighted by atomic mass is 16.5. The number of fused-ring (bicyclic) bond motifs is 3. The van der Waals surface area contributed by atoms with Crippen LogP contribution in [0.3, 0.4) is 0 Å². The quantitative estimate of drug-likeness (QED) is 0.655. The Bertz CT molecular complexity index is 942. The van der Waals surface area contributed by atoms with Crippen molar-refractivity contribution in [3.05, 3.63) is 65.2 Å². The minimum atomic E-state index is -1.26. The second-order valence-electron chi connectivity index (χ2n) is 6.86. The molecule has 0 radical (unpaired) electrons. The third kappa shape index (κ3) is 4.38. The lowest BCUT2D eigenvalue weighted by Gasteiger charge is -2.36. The average molecular weight is 413 g/mol. The largest absolute Gasteiger partial charge is 0.493 e. The van der Waals surface area contributed by atoms with Gasteiger partial charge in [-0.15, -0.1) is 0 Å². The Labute approximate surface area is 173 Å². The zero-order chi connectivity index (χ0) is 21.7. The van der Waals surface area contributed by atoms with Gasteiger partial charge < -0.3 is 29.7 Å². The summed E-state index contributed by atoms with van der Waals surface area (Å²) in [6.45, 7) is 1.61. The van der Waals surface area contributed by atoms with Crippen LogP contribution in [0.2, 0.25) is 0 Å². The number of benzene rings is 2.